The number of thioether (sulfide) groups is 1. The summed E-state index contributed by atoms with van der Waals surface area (Å²) in [5, 5.41) is 3.24. The topological polar surface area (TPSA) is 50.9 Å². The Morgan fingerprint density at radius 2 is 2.29 bits per heavy atom. The lowest BCUT2D eigenvalue weighted by Gasteiger charge is -2.08. The molecule has 0 radical (unpaired) electrons. The van der Waals surface area contributed by atoms with Crippen molar-refractivity contribution in [1.82, 2.24) is 4.98 Å². The van der Waals surface area contributed by atoms with Crippen LogP contribution in [-0.2, 0) is 0 Å². The van der Waals surface area contributed by atoms with Gasteiger partial charge in [-0.1, -0.05) is 0 Å². The maximum atomic E-state index is 5.77. The van der Waals surface area contributed by atoms with Crippen LogP contribution < -0.4 is 11.1 Å². The molecule has 78 valence electrons. The average molecular weight is 211 g/mol. The van der Waals surface area contributed by atoms with Crippen molar-refractivity contribution >= 4 is 23.3 Å². The molecule has 0 aliphatic heterocycles. The highest BCUT2D eigenvalue weighted by atomic mass is 32.2. The summed E-state index contributed by atoms with van der Waals surface area (Å²) >= 11 is 1.85. The van der Waals surface area contributed by atoms with Gasteiger partial charge in [-0.3, -0.25) is 0 Å². The van der Waals surface area contributed by atoms with E-state index < -0.39 is 0 Å². The summed E-state index contributed by atoms with van der Waals surface area (Å²) in [6, 6.07) is 3.81. The lowest BCUT2D eigenvalue weighted by Crippen LogP contribution is -2.07. The first-order valence-electron chi connectivity index (χ1n) is 4.70. The molecule has 0 aliphatic rings. The fourth-order valence-corrected chi connectivity index (χ4v) is 1.57. The lowest BCUT2D eigenvalue weighted by atomic mass is 10.3. The Labute approximate surface area is 89.5 Å². The summed E-state index contributed by atoms with van der Waals surface area (Å²) in [7, 11) is 0. The number of nitrogens with zero attached hydrogens (tertiary/aromatic N) is 1. The molecule has 0 saturated heterocycles. The molecule has 0 aliphatic carbocycles. The van der Waals surface area contributed by atoms with Gasteiger partial charge in [0.25, 0.3) is 0 Å². The zero-order valence-electron chi connectivity index (χ0n) is 8.71. The van der Waals surface area contributed by atoms with Gasteiger partial charge in [-0.2, -0.15) is 11.8 Å². The Kier molecular flexibility index (Phi) is 4.59. The lowest BCUT2D eigenvalue weighted by molar-refractivity contribution is 0.979. The quantitative estimate of drug-likeness (QED) is 0.733. The van der Waals surface area contributed by atoms with E-state index in [1.54, 1.807) is 0 Å². The van der Waals surface area contributed by atoms with Gasteiger partial charge in [0.05, 0.1) is 5.69 Å². The minimum absolute atomic E-state index is 0.722. The van der Waals surface area contributed by atoms with E-state index in [-0.39, 0.29) is 0 Å². The van der Waals surface area contributed by atoms with Crippen LogP contribution in [0.1, 0.15) is 12.1 Å². The van der Waals surface area contributed by atoms with E-state index in [4.69, 9.17) is 5.73 Å². The van der Waals surface area contributed by atoms with Crippen LogP contribution in [0.2, 0.25) is 0 Å². The third-order valence-corrected chi connectivity index (χ3v) is 2.58. The molecule has 0 amide bonds. The predicted molar refractivity (Wildman–Crippen MR) is 64.9 cm³/mol. The van der Waals surface area contributed by atoms with Gasteiger partial charge in [-0.15, -0.1) is 0 Å². The molecule has 0 atom stereocenters. The van der Waals surface area contributed by atoms with Gasteiger partial charge in [-0.05, 0) is 37.5 Å². The van der Waals surface area contributed by atoms with Gasteiger partial charge in [0.15, 0.2) is 0 Å². The molecule has 0 unspecified atom stereocenters. The first-order chi connectivity index (χ1) is 6.74. The standard InChI is InChI=1S/C10H17N3S/c1-8-4-5-9(11)10(13-8)12-6-3-7-14-2/h4-5H,3,6-7,11H2,1-2H3,(H,12,13). The van der Waals surface area contributed by atoms with Crippen molar-refractivity contribution in [1.29, 1.82) is 0 Å². The van der Waals surface area contributed by atoms with Crippen LogP contribution in [0.25, 0.3) is 0 Å². The van der Waals surface area contributed by atoms with Crippen LogP contribution in [0, 0.1) is 6.92 Å². The maximum Gasteiger partial charge on any atom is 0.149 e. The van der Waals surface area contributed by atoms with Gasteiger partial charge in [0.1, 0.15) is 5.82 Å². The van der Waals surface area contributed by atoms with Gasteiger partial charge in [0, 0.05) is 12.2 Å². The van der Waals surface area contributed by atoms with Crippen molar-refractivity contribution in [2.24, 2.45) is 0 Å². The van der Waals surface area contributed by atoms with E-state index in [1.807, 2.05) is 30.8 Å². The number of hydrogen-bond donors (Lipinski definition) is 2. The van der Waals surface area contributed by atoms with Gasteiger partial charge < -0.3 is 11.1 Å². The molecule has 1 rings (SSSR count). The van der Waals surface area contributed by atoms with E-state index in [2.05, 4.69) is 16.6 Å². The fraction of sp³-hybridized carbons (Fsp3) is 0.500. The van der Waals surface area contributed by atoms with E-state index >= 15 is 0 Å². The van der Waals surface area contributed by atoms with Crippen LogP contribution in [-0.4, -0.2) is 23.5 Å². The average Bonchev–Trinajstić information content (AvgIpc) is 2.18. The predicted octanol–water partition coefficient (Wildman–Crippen LogP) is 2.14. The third kappa shape index (κ3) is 3.46. The molecular formula is C10H17N3S. The van der Waals surface area contributed by atoms with Crippen molar-refractivity contribution in [3.63, 3.8) is 0 Å². The minimum Gasteiger partial charge on any atom is -0.396 e. The van der Waals surface area contributed by atoms with Crippen molar-refractivity contribution in [2.45, 2.75) is 13.3 Å². The molecule has 0 saturated carbocycles. The largest absolute Gasteiger partial charge is 0.396 e. The summed E-state index contributed by atoms with van der Waals surface area (Å²) in [5.41, 5.74) is 7.49. The number of rotatable bonds is 5. The maximum absolute atomic E-state index is 5.77. The molecule has 0 bridgehead atoms. The number of nitrogens with one attached hydrogen (secondary N) is 1. The Morgan fingerprint density at radius 1 is 1.50 bits per heavy atom. The van der Waals surface area contributed by atoms with Gasteiger partial charge in [0.2, 0.25) is 0 Å². The van der Waals surface area contributed by atoms with E-state index in [0.29, 0.717) is 0 Å². The van der Waals surface area contributed by atoms with E-state index in [0.717, 1.165) is 30.2 Å². The highest BCUT2D eigenvalue weighted by Gasteiger charge is 1.99. The zero-order valence-corrected chi connectivity index (χ0v) is 9.53. The Bertz CT molecular complexity index is 289. The first-order valence-corrected chi connectivity index (χ1v) is 6.09. The second kappa shape index (κ2) is 5.75. The summed E-state index contributed by atoms with van der Waals surface area (Å²) < 4.78 is 0. The highest BCUT2D eigenvalue weighted by molar-refractivity contribution is 7.98. The van der Waals surface area contributed by atoms with Crippen LogP contribution in [0.4, 0.5) is 11.5 Å². The molecular weight excluding hydrogens is 194 g/mol. The van der Waals surface area contributed by atoms with Crippen molar-refractivity contribution in [2.75, 3.05) is 29.6 Å². The van der Waals surface area contributed by atoms with Gasteiger partial charge >= 0.3 is 0 Å². The summed E-state index contributed by atoms with van der Waals surface area (Å²) in [6.45, 7) is 2.90. The Morgan fingerprint density at radius 3 is 3.00 bits per heavy atom. The number of pyridine rings is 1. The summed E-state index contributed by atoms with van der Waals surface area (Å²) in [6.07, 6.45) is 3.25. The second-order valence-corrected chi connectivity index (χ2v) is 4.15. The molecule has 4 heteroatoms. The number of anilines is 2. The normalized spacial score (nSPS) is 10.1. The molecule has 1 aromatic rings. The molecule has 0 aromatic carbocycles. The van der Waals surface area contributed by atoms with E-state index in [9.17, 15) is 0 Å². The summed E-state index contributed by atoms with van der Waals surface area (Å²) in [4.78, 5) is 4.33. The van der Waals surface area contributed by atoms with Crippen LogP contribution >= 0.6 is 11.8 Å². The highest BCUT2D eigenvalue weighted by Crippen LogP contribution is 2.15. The number of aryl methyl sites for hydroxylation is 1. The van der Waals surface area contributed by atoms with Crippen molar-refractivity contribution < 1.29 is 0 Å². The first kappa shape index (κ1) is 11.2. The molecule has 3 nitrogen and oxygen atoms in total. The smallest absolute Gasteiger partial charge is 0.149 e. The molecule has 3 N–H and O–H groups in total. The van der Waals surface area contributed by atoms with E-state index in [1.165, 1.54) is 5.75 Å². The summed E-state index contributed by atoms with van der Waals surface area (Å²) in [5.74, 6) is 1.98. The van der Waals surface area contributed by atoms with Crippen molar-refractivity contribution in [3.8, 4) is 0 Å². The Balaban J connectivity index is 2.45. The minimum atomic E-state index is 0.722. The van der Waals surface area contributed by atoms with Crippen molar-refractivity contribution in [3.05, 3.63) is 17.8 Å². The van der Waals surface area contributed by atoms with Gasteiger partial charge in [-0.25, -0.2) is 4.98 Å². The molecule has 14 heavy (non-hydrogen) atoms. The third-order valence-electron chi connectivity index (χ3n) is 1.88. The fourth-order valence-electron chi connectivity index (χ4n) is 1.13. The number of nitrogen functional groups attached to an aromatic ring is 1. The second-order valence-electron chi connectivity index (χ2n) is 3.16. The zero-order chi connectivity index (χ0) is 10.4. The van der Waals surface area contributed by atoms with Crippen LogP contribution in [0.15, 0.2) is 12.1 Å². The Hall–Kier alpha value is -0.900. The number of hydrogen-bond acceptors (Lipinski definition) is 4. The van der Waals surface area contributed by atoms with Crippen LogP contribution in [0.5, 0.6) is 0 Å². The molecule has 0 spiro atoms. The monoisotopic (exact) mass is 211 g/mol. The SMILES string of the molecule is CSCCCNc1nc(C)ccc1N. The van der Waals surface area contributed by atoms with Crippen LogP contribution in [0.3, 0.4) is 0 Å². The molecule has 1 heterocycles. The number of nitrogens with two attached hydrogens (primary N) is 1. The molecule has 1 aromatic heterocycles. The number of aromatic nitrogens is 1. The molecule has 0 fully saturated rings.